The number of nitrogens with zero attached hydrogens (tertiary/aromatic N) is 1. The van der Waals surface area contributed by atoms with Gasteiger partial charge < -0.3 is 15.2 Å². The molecule has 1 rings (SSSR count). The largest absolute Gasteiger partial charge is 0.465 e. The van der Waals surface area contributed by atoms with E-state index >= 15 is 0 Å². The van der Waals surface area contributed by atoms with Crippen LogP contribution in [0.25, 0.3) is 0 Å². The van der Waals surface area contributed by atoms with Crippen molar-refractivity contribution in [1.82, 2.24) is 4.98 Å². The van der Waals surface area contributed by atoms with Crippen LogP contribution in [0.3, 0.4) is 0 Å². The van der Waals surface area contributed by atoms with Crippen molar-refractivity contribution in [2.45, 2.75) is 19.2 Å². The summed E-state index contributed by atoms with van der Waals surface area (Å²) in [5.74, 6) is -0.444. The van der Waals surface area contributed by atoms with Crippen molar-refractivity contribution in [3.05, 3.63) is 23.4 Å². The van der Waals surface area contributed by atoms with Gasteiger partial charge in [0, 0.05) is 0 Å². The summed E-state index contributed by atoms with van der Waals surface area (Å²) >= 11 is 0. The van der Waals surface area contributed by atoms with Crippen LogP contribution in [0.15, 0.2) is 12.1 Å². The maximum atomic E-state index is 12.1. The third-order valence-electron chi connectivity index (χ3n) is 2.35. The molecule has 0 spiro atoms. The summed E-state index contributed by atoms with van der Waals surface area (Å²) in [7, 11) is 1.22. The van der Waals surface area contributed by atoms with E-state index in [2.05, 4.69) is 15.0 Å². The number of hydrogen-bond donors (Lipinski definition) is 2. The molecule has 1 heterocycles. The van der Waals surface area contributed by atoms with E-state index in [0.29, 0.717) is 5.69 Å². The van der Waals surface area contributed by atoms with Crippen molar-refractivity contribution in [2.75, 3.05) is 19.0 Å². The van der Waals surface area contributed by atoms with E-state index in [1.54, 1.807) is 0 Å². The molecule has 1 aromatic rings. The zero-order valence-corrected chi connectivity index (χ0v) is 10.3. The molecule has 1 aromatic heterocycles. The van der Waals surface area contributed by atoms with Crippen LogP contribution in [0, 0.1) is 6.92 Å². The summed E-state index contributed by atoms with van der Waals surface area (Å²) in [5.41, 5.74) is 0.544. The molecule has 0 bridgehead atoms. The van der Waals surface area contributed by atoms with Gasteiger partial charge in [0.15, 0.2) is 6.10 Å². The number of anilines is 1. The second kappa shape index (κ2) is 5.87. The molecule has 5 nitrogen and oxygen atoms in total. The Balaban J connectivity index is 2.72. The Kier molecular flexibility index (Phi) is 4.71. The second-order valence-electron chi connectivity index (χ2n) is 3.76. The van der Waals surface area contributed by atoms with Crippen LogP contribution in [-0.4, -0.2) is 42.0 Å². The van der Waals surface area contributed by atoms with E-state index in [1.165, 1.54) is 26.2 Å². The third-order valence-corrected chi connectivity index (χ3v) is 2.35. The van der Waals surface area contributed by atoms with Crippen molar-refractivity contribution in [3.8, 4) is 0 Å². The Bertz CT molecular complexity index is 463. The molecule has 0 aliphatic heterocycles. The molecule has 0 amide bonds. The number of esters is 1. The number of rotatable bonds is 4. The van der Waals surface area contributed by atoms with Crippen molar-refractivity contribution >= 4 is 11.8 Å². The fourth-order valence-electron chi connectivity index (χ4n) is 1.30. The van der Waals surface area contributed by atoms with Gasteiger partial charge in [-0.1, -0.05) is 0 Å². The van der Waals surface area contributed by atoms with Gasteiger partial charge in [0.2, 0.25) is 0 Å². The number of alkyl halides is 3. The van der Waals surface area contributed by atoms with Gasteiger partial charge in [-0.3, -0.25) is 0 Å². The lowest BCUT2D eigenvalue weighted by Gasteiger charge is -2.15. The smallest absolute Gasteiger partial charge is 0.416 e. The highest BCUT2D eigenvalue weighted by molar-refractivity contribution is 5.90. The first-order valence-electron chi connectivity index (χ1n) is 5.30. The molecule has 0 saturated carbocycles. The van der Waals surface area contributed by atoms with Gasteiger partial charge in [-0.2, -0.15) is 13.2 Å². The van der Waals surface area contributed by atoms with Crippen LogP contribution in [0.2, 0.25) is 0 Å². The predicted molar refractivity (Wildman–Crippen MR) is 60.9 cm³/mol. The standard InChI is InChI=1S/C11H13F3N2O3/c1-6-7(10(18)19-2)3-4-9(16-6)15-5-8(17)11(12,13)14/h3-4,8,17H,5H2,1-2H3,(H,15,16). The van der Waals surface area contributed by atoms with E-state index in [9.17, 15) is 18.0 Å². The van der Waals surface area contributed by atoms with E-state index < -0.39 is 24.8 Å². The second-order valence-corrected chi connectivity index (χ2v) is 3.76. The number of ether oxygens (including phenoxy) is 1. The van der Waals surface area contributed by atoms with Crippen LogP contribution in [-0.2, 0) is 4.74 Å². The van der Waals surface area contributed by atoms with Crippen LogP contribution < -0.4 is 5.32 Å². The van der Waals surface area contributed by atoms with Crippen LogP contribution in [0.5, 0.6) is 0 Å². The quantitative estimate of drug-likeness (QED) is 0.817. The lowest BCUT2D eigenvalue weighted by atomic mass is 10.2. The number of carbonyl (C=O) groups excluding carboxylic acids is 1. The number of aliphatic hydroxyl groups excluding tert-OH is 1. The topological polar surface area (TPSA) is 71.5 Å². The Morgan fingerprint density at radius 2 is 2.16 bits per heavy atom. The normalized spacial score (nSPS) is 12.9. The van der Waals surface area contributed by atoms with E-state index in [1.807, 2.05) is 0 Å². The van der Waals surface area contributed by atoms with Crippen molar-refractivity contribution in [1.29, 1.82) is 0 Å². The molecule has 2 N–H and O–H groups in total. The maximum Gasteiger partial charge on any atom is 0.416 e. The average Bonchev–Trinajstić information content (AvgIpc) is 2.34. The van der Waals surface area contributed by atoms with Crippen LogP contribution >= 0.6 is 0 Å². The first-order chi connectivity index (χ1) is 8.75. The van der Waals surface area contributed by atoms with Gasteiger partial charge in [0.25, 0.3) is 0 Å². The number of halogens is 3. The molecule has 1 unspecified atom stereocenters. The zero-order chi connectivity index (χ0) is 14.6. The van der Waals surface area contributed by atoms with Gasteiger partial charge in [-0.25, -0.2) is 9.78 Å². The predicted octanol–water partition coefficient (Wildman–Crippen LogP) is 1.51. The van der Waals surface area contributed by atoms with Gasteiger partial charge in [0.05, 0.1) is 24.9 Å². The number of aryl methyl sites for hydroxylation is 1. The molecule has 19 heavy (non-hydrogen) atoms. The molecule has 106 valence electrons. The molecule has 0 fully saturated rings. The molecule has 8 heteroatoms. The Labute approximate surface area is 107 Å². The SMILES string of the molecule is COC(=O)c1ccc(NCC(O)C(F)(F)F)nc1C. The Morgan fingerprint density at radius 1 is 1.53 bits per heavy atom. The number of nitrogens with one attached hydrogen (secondary N) is 1. The summed E-state index contributed by atoms with van der Waals surface area (Å²) in [6, 6.07) is 2.72. The minimum Gasteiger partial charge on any atom is -0.465 e. The molecule has 0 aromatic carbocycles. The number of carbonyl (C=O) groups is 1. The summed E-state index contributed by atoms with van der Waals surface area (Å²) in [5, 5.41) is 11.2. The molecular weight excluding hydrogens is 265 g/mol. The Hall–Kier alpha value is -1.83. The highest BCUT2D eigenvalue weighted by Crippen LogP contribution is 2.20. The minimum atomic E-state index is -4.69. The highest BCUT2D eigenvalue weighted by Gasteiger charge is 2.37. The van der Waals surface area contributed by atoms with Crippen LogP contribution in [0.1, 0.15) is 16.1 Å². The minimum absolute atomic E-state index is 0.133. The van der Waals surface area contributed by atoms with Crippen molar-refractivity contribution in [2.24, 2.45) is 0 Å². The lowest BCUT2D eigenvalue weighted by molar-refractivity contribution is -0.198. The monoisotopic (exact) mass is 278 g/mol. The number of methoxy groups -OCH3 is 1. The van der Waals surface area contributed by atoms with Crippen LogP contribution in [0.4, 0.5) is 19.0 Å². The number of hydrogen-bond acceptors (Lipinski definition) is 5. The van der Waals surface area contributed by atoms with Gasteiger partial charge in [-0.15, -0.1) is 0 Å². The zero-order valence-electron chi connectivity index (χ0n) is 10.3. The number of aromatic nitrogens is 1. The fourth-order valence-corrected chi connectivity index (χ4v) is 1.30. The van der Waals surface area contributed by atoms with Crippen molar-refractivity contribution in [3.63, 3.8) is 0 Å². The lowest BCUT2D eigenvalue weighted by Crippen LogP contribution is -2.35. The van der Waals surface area contributed by atoms with E-state index in [4.69, 9.17) is 5.11 Å². The van der Waals surface area contributed by atoms with Gasteiger partial charge >= 0.3 is 12.1 Å². The van der Waals surface area contributed by atoms with Gasteiger partial charge in [-0.05, 0) is 19.1 Å². The molecule has 1 atom stereocenters. The molecule has 0 aliphatic carbocycles. The average molecular weight is 278 g/mol. The Morgan fingerprint density at radius 3 is 2.63 bits per heavy atom. The molecule has 0 radical (unpaired) electrons. The number of aliphatic hydroxyl groups is 1. The maximum absolute atomic E-state index is 12.1. The summed E-state index contributed by atoms with van der Waals surface area (Å²) < 4.78 is 40.7. The van der Waals surface area contributed by atoms with E-state index in [0.717, 1.165) is 0 Å². The first kappa shape index (κ1) is 15.2. The summed E-state index contributed by atoms with van der Waals surface area (Å²) in [6.45, 7) is 0.811. The van der Waals surface area contributed by atoms with Gasteiger partial charge in [0.1, 0.15) is 5.82 Å². The molecule has 0 aliphatic rings. The summed E-state index contributed by atoms with van der Waals surface area (Å²) in [4.78, 5) is 15.2. The number of pyridine rings is 1. The van der Waals surface area contributed by atoms with Crippen molar-refractivity contribution < 1.29 is 27.8 Å². The molecular formula is C11H13F3N2O3. The summed E-state index contributed by atoms with van der Waals surface area (Å²) in [6.07, 6.45) is -7.16. The third kappa shape index (κ3) is 4.09. The molecule has 0 saturated heterocycles. The highest BCUT2D eigenvalue weighted by atomic mass is 19.4. The van der Waals surface area contributed by atoms with E-state index in [-0.39, 0.29) is 11.4 Å². The fraction of sp³-hybridized carbons (Fsp3) is 0.455. The first-order valence-corrected chi connectivity index (χ1v) is 5.30.